The molecule has 0 fully saturated rings. The van der Waals surface area contributed by atoms with E-state index in [0.29, 0.717) is 5.92 Å². The first-order valence-corrected chi connectivity index (χ1v) is 4.97. The molecule has 0 aliphatic carbocycles. The van der Waals surface area contributed by atoms with E-state index in [4.69, 9.17) is 5.11 Å². The van der Waals surface area contributed by atoms with Crippen LogP contribution in [0.25, 0.3) is 0 Å². The van der Waals surface area contributed by atoms with Crippen molar-refractivity contribution < 1.29 is 9.90 Å². The second-order valence-electron chi connectivity index (χ2n) is 3.66. The van der Waals surface area contributed by atoms with Crippen LogP contribution in [0.15, 0.2) is 12.7 Å². The first-order valence-electron chi connectivity index (χ1n) is 4.97. The Hall–Kier alpha value is -0.790. The number of aliphatic carboxylic acids is 1. The highest BCUT2D eigenvalue weighted by atomic mass is 16.4. The predicted octanol–water partition coefficient (Wildman–Crippen LogP) is 3.09. The summed E-state index contributed by atoms with van der Waals surface area (Å²) in [5.74, 6) is -0.635. The van der Waals surface area contributed by atoms with Crippen LogP contribution in [-0.4, -0.2) is 11.1 Å². The average molecular weight is 184 g/mol. The maximum atomic E-state index is 10.7. The Balaban J connectivity index is 3.79. The zero-order valence-corrected chi connectivity index (χ0v) is 8.62. The first kappa shape index (κ1) is 12.2. The second kappa shape index (κ2) is 6.70. The first-order chi connectivity index (χ1) is 6.11. The van der Waals surface area contributed by atoms with Crippen molar-refractivity contribution in [2.75, 3.05) is 0 Å². The lowest BCUT2D eigenvalue weighted by Gasteiger charge is -2.13. The van der Waals surface area contributed by atoms with E-state index in [0.717, 1.165) is 12.8 Å². The third-order valence-corrected chi connectivity index (χ3v) is 2.31. The van der Waals surface area contributed by atoms with E-state index >= 15 is 0 Å². The van der Waals surface area contributed by atoms with Gasteiger partial charge in [-0.3, -0.25) is 4.79 Å². The van der Waals surface area contributed by atoms with E-state index in [1.165, 1.54) is 18.9 Å². The van der Waals surface area contributed by atoms with Gasteiger partial charge < -0.3 is 5.11 Å². The summed E-state index contributed by atoms with van der Waals surface area (Å²) in [7, 11) is 0. The Kier molecular flexibility index (Phi) is 6.29. The topological polar surface area (TPSA) is 37.3 Å². The Labute approximate surface area is 80.7 Å². The number of unbranched alkanes of at least 4 members (excludes halogenated alkanes) is 1. The predicted molar refractivity (Wildman–Crippen MR) is 54.6 cm³/mol. The second-order valence-corrected chi connectivity index (χ2v) is 3.66. The SMILES string of the molecule is C=CC(CC(C)CCCC)C(=O)O. The smallest absolute Gasteiger partial charge is 0.310 e. The van der Waals surface area contributed by atoms with Gasteiger partial charge in [0.1, 0.15) is 0 Å². The molecule has 0 amide bonds. The van der Waals surface area contributed by atoms with Gasteiger partial charge in [0.2, 0.25) is 0 Å². The summed E-state index contributed by atoms with van der Waals surface area (Å²) in [4.78, 5) is 10.7. The van der Waals surface area contributed by atoms with Crippen molar-refractivity contribution in [2.45, 2.75) is 39.5 Å². The molecule has 0 aromatic rings. The zero-order valence-electron chi connectivity index (χ0n) is 8.62. The molecule has 2 unspecified atom stereocenters. The number of rotatable bonds is 7. The van der Waals surface area contributed by atoms with E-state index in [1.807, 2.05) is 0 Å². The standard InChI is InChI=1S/C11H20O2/c1-4-6-7-9(3)8-10(5-2)11(12)13/h5,9-10H,2,4,6-8H2,1,3H3,(H,12,13). The number of carboxylic acid groups (broad SMARTS) is 1. The van der Waals surface area contributed by atoms with Crippen LogP contribution in [0.2, 0.25) is 0 Å². The van der Waals surface area contributed by atoms with E-state index in [9.17, 15) is 4.79 Å². The Morgan fingerprint density at radius 3 is 2.62 bits per heavy atom. The van der Waals surface area contributed by atoms with Crippen molar-refractivity contribution in [3.05, 3.63) is 12.7 Å². The minimum Gasteiger partial charge on any atom is -0.481 e. The molecule has 0 aromatic carbocycles. The summed E-state index contributed by atoms with van der Waals surface area (Å²) in [6, 6.07) is 0. The fourth-order valence-corrected chi connectivity index (χ4v) is 1.40. The maximum absolute atomic E-state index is 10.7. The molecule has 0 radical (unpaired) electrons. The molecule has 0 rings (SSSR count). The molecule has 0 spiro atoms. The van der Waals surface area contributed by atoms with Gasteiger partial charge in [-0.2, -0.15) is 0 Å². The Morgan fingerprint density at radius 1 is 1.62 bits per heavy atom. The summed E-state index contributed by atoms with van der Waals surface area (Å²) < 4.78 is 0. The van der Waals surface area contributed by atoms with Crippen LogP contribution in [0.5, 0.6) is 0 Å². The minimum atomic E-state index is -0.752. The number of hydrogen-bond acceptors (Lipinski definition) is 1. The van der Waals surface area contributed by atoms with Gasteiger partial charge in [-0.25, -0.2) is 0 Å². The Bertz CT molecular complexity index is 163. The molecular weight excluding hydrogens is 164 g/mol. The molecule has 0 aliphatic heterocycles. The third-order valence-electron chi connectivity index (χ3n) is 2.31. The van der Waals surface area contributed by atoms with E-state index in [1.54, 1.807) is 0 Å². The van der Waals surface area contributed by atoms with Crippen LogP contribution >= 0.6 is 0 Å². The fourth-order valence-electron chi connectivity index (χ4n) is 1.40. The van der Waals surface area contributed by atoms with Crippen molar-refractivity contribution in [1.29, 1.82) is 0 Å². The number of hydrogen-bond donors (Lipinski definition) is 1. The highest BCUT2D eigenvalue weighted by Crippen LogP contribution is 2.18. The van der Waals surface area contributed by atoms with Gasteiger partial charge >= 0.3 is 5.97 Å². The fraction of sp³-hybridized carbons (Fsp3) is 0.727. The van der Waals surface area contributed by atoms with Crippen LogP contribution in [0.3, 0.4) is 0 Å². The van der Waals surface area contributed by atoms with Crippen molar-refractivity contribution in [2.24, 2.45) is 11.8 Å². The minimum absolute atomic E-state index is 0.369. The summed E-state index contributed by atoms with van der Waals surface area (Å²) in [6.07, 6.45) is 5.73. The summed E-state index contributed by atoms with van der Waals surface area (Å²) in [6.45, 7) is 7.79. The lowest BCUT2D eigenvalue weighted by atomic mass is 9.92. The largest absolute Gasteiger partial charge is 0.481 e. The lowest BCUT2D eigenvalue weighted by Crippen LogP contribution is -2.14. The van der Waals surface area contributed by atoms with Gasteiger partial charge in [-0.15, -0.1) is 6.58 Å². The molecule has 1 N–H and O–H groups in total. The molecule has 76 valence electrons. The van der Waals surface area contributed by atoms with Gasteiger partial charge in [-0.1, -0.05) is 39.2 Å². The number of carbonyl (C=O) groups is 1. The average Bonchev–Trinajstić information content (AvgIpc) is 2.10. The summed E-state index contributed by atoms with van der Waals surface area (Å²) in [5, 5.41) is 8.78. The van der Waals surface area contributed by atoms with Crippen LogP contribution in [-0.2, 0) is 4.79 Å². The van der Waals surface area contributed by atoms with Gasteiger partial charge in [0.05, 0.1) is 5.92 Å². The molecule has 0 aliphatic rings. The van der Waals surface area contributed by atoms with Crippen molar-refractivity contribution >= 4 is 5.97 Å². The molecule has 0 saturated heterocycles. The van der Waals surface area contributed by atoms with Gasteiger partial charge in [-0.05, 0) is 12.3 Å². The van der Waals surface area contributed by atoms with Crippen LogP contribution < -0.4 is 0 Å². The lowest BCUT2D eigenvalue weighted by molar-refractivity contribution is -0.140. The maximum Gasteiger partial charge on any atom is 0.310 e. The van der Waals surface area contributed by atoms with Crippen LogP contribution in [0.1, 0.15) is 39.5 Å². The summed E-state index contributed by atoms with van der Waals surface area (Å²) >= 11 is 0. The molecule has 13 heavy (non-hydrogen) atoms. The normalized spacial score (nSPS) is 14.9. The molecule has 0 aromatic heterocycles. The van der Waals surface area contributed by atoms with Crippen molar-refractivity contribution in [1.82, 2.24) is 0 Å². The van der Waals surface area contributed by atoms with Crippen LogP contribution in [0, 0.1) is 11.8 Å². The molecular formula is C11H20O2. The molecule has 0 saturated carbocycles. The highest BCUT2D eigenvalue weighted by Gasteiger charge is 2.16. The molecule has 2 atom stereocenters. The van der Waals surface area contributed by atoms with Crippen molar-refractivity contribution in [3.8, 4) is 0 Å². The monoisotopic (exact) mass is 184 g/mol. The molecule has 0 bridgehead atoms. The third kappa shape index (κ3) is 5.45. The molecule has 0 heterocycles. The highest BCUT2D eigenvalue weighted by molar-refractivity contribution is 5.71. The quantitative estimate of drug-likeness (QED) is 0.617. The van der Waals surface area contributed by atoms with E-state index in [2.05, 4.69) is 20.4 Å². The summed E-state index contributed by atoms with van der Waals surface area (Å²) in [5.41, 5.74) is 0. The number of carboxylic acids is 1. The van der Waals surface area contributed by atoms with E-state index in [-0.39, 0.29) is 5.92 Å². The van der Waals surface area contributed by atoms with E-state index < -0.39 is 5.97 Å². The van der Waals surface area contributed by atoms with Gasteiger partial charge in [0.15, 0.2) is 0 Å². The molecule has 2 heteroatoms. The molecule has 2 nitrogen and oxygen atoms in total. The van der Waals surface area contributed by atoms with Crippen molar-refractivity contribution in [3.63, 3.8) is 0 Å². The van der Waals surface area contributed by atoms with Gasteiger partial charge in [0, 0.05) is 0 Å². The van der Waals surface area contributed by atoms with Gasteiger partial charge in [0.25, 0.3) is 0 Å². The zero-order chi connectivity index (χ0) is 10.3. The van der Waals surface area contributed by atoms with Crippen LogP contribution in [0.4, 0.5) is 0 Å². The Morgan fingerprint density at radius 2 is 2.23 bits per heavy atom.